The van der Waals surface area contributed by atoms with Crippen molar-refractivity contribution in [2.75, 3.05) is 6.54 Å². The fraction of sp³-hybridized carbons (Fsp3) is 0.448. The first-order chi connectivity index (χ1) is 17.3. The number of nitrogens with zero attached hydrogens (tertiary/aromatic N) is 2. The van der Waals surface area contributed by atoms with Crippen LogP contribution in [0, 0.1) is 6.92 Å². The van der Waals surface area contributed by atoms with Gasteiger partial charge < -0.3 is 10.2 Å². The van der Waals surface area contributed by atoms with Crippen molar-refractivity contribution in [2.45, 2.75) is 77.4 Å². The standard InChI is InChI=1S/C29H35N3O4/c1-20-14-16-22(17-15-20)19-32(21(2)27(34)30-23-9-4-3-5-10-23)26(33)13-8-18-31-28(35)24-11-6-7-12-25(24)29(31)36/h6-7,11-12,14-17,21,23H,3-5,8-10,13,18-19H2,1-2H3,(H,30,34)/t21-/m1/s1. The number of nitrogens with one attached hydrogen (secondary N) is 1. The monoisotopic (exact) mass is 489 g/mol. The molecule has 4 amide bonds. The molecule has 0 spiro atoms. The SMILES string of the molecule is Cc1ccc(CN(C(=O)CCCN2C(=O)c3ccccc3C2=O)[C@H](C)C(=O)NC2CCCCC2)cc1. The first kappa shape index (κ1) is 25.6. The van der Waals surface area contributed by atoms with E-state index in [4.69, 9.17) is 0 Å². The molecule has 36 heavy (non-hydrogen) atoms. The quantitative estimate of drug-likeness (QED) is 0.534. The van der Waals surface area contributed by atoms with Gasteiger partial charge in [0.05, 0.1) is 11.1 Å². The molecule has 190 valence electrons. The molecule has 0 bridgehead atoms. The van der Waals surface area contributed by atoms with Gasteiger partial charge in [-0.15, -0.1) is 0 Å². The maximum Gasteiger partial charge on any atom is 0.261 e. The van der Waals surface area contributed by atoms with Gasteiger partial charge in [0.2, 0.25) is 11.8 Å². The van der Waals surface area contributed by atoms with Crippen LogP contribution in [0.5, 0.6) is 0 Å². The summed E-state index contributed by atoms with van der Waals surface area (Å²) in [5, 5.41) is 3.14. The Morgan fingerprint density at radius 3 is 2.19 bits per heavy atom. The molecule has 1 N–H and O–H groups in total. The smallest absolute Gasteiger partial charge is 0.261 e. The molecule has 0 saturated heterocycles. The zero-order valence-corrected chi connectivity index (χ0v) is 21.2. The number of amides is 4. The number of rotatable bonds is 9. The molecule has 4 rings (SSSR count). The number of carbonyl (C=O) groups is 4. The van der Waals surface area contributed by atoms with Crippen molar-refractivity contribution < 1.29 is 19.2 Å². The summed E-state index contributed by atoms with van der Waals surface area (Å²) >= 11 is 0. The van der Waals surface area contributed by atoms with Crippen LogP contribution in [0.2, 0.25) is 0 Å². The van der Waals surface area contributed by atoms with Crippen molar-refractivity contribution in [2.24, 2.45) is 0 Å². The van der Waals surface area contributed by atoms with E-state index in [0.717, 1.165) is 36.8 Å². The van der Waals surface area contributed by atoms with E-state index < -0.39 is 6.04 Å². The molecule has 2 aliphatic rings. The highest BCUT2D eigenvalue weighted by atomic mass is 16.2. The van der Waals surface area contributed by atoms with E-state index >= 15 is 0 Å². The number of benzene rings is 2. The van der Waals surface area contributed by atoms with Crippen molar-refractivity contribution >= 4 is 23.6 Å². The molecular weight excluding hydrogens is 454 g/mol. The molecule has 1 aliphatic carbocycles. The summed E-state index contributed by atoms with van der Waals surface area (Å²) < 4.78 is 0. The zero-order valence-electron chi connectivity index (χ0n) is 21.2. The molecule has 7 heteroatoms. The maximum atomic E-state index is 13.4. The Morgan fingerprint density at radius 2 is 1.58 bits per heavy atom. The molecule has 1 heterocycles. The van der Waals surface area contributed by atoms with Crippen molar-refractivity contribution in [3.05, 3.63) is 70.8 Å². The second-order valence-corrected chi connectivity index (χ2v) is 9.94. The van der Waals surface area contributed by atoms with Gasteiger partial charge in [0.25, 0.3) is 11.8 Å². The molecule has 0 unspecified atom stereocenters. The van der Waals surface area contributed by atoms with Gasteiger partial charge in [-0.3, -0.25) is 24.1 Å². The van der Waals surface area contributed by atoms with Crippen LogP contribution in [0.15, 0.2) is 48.5 Å². The Bertz CT molecular complexity index is 1090. The van der Waals surface area contributed by atoms with Crippen LogP contribution in [-0.4, -0.2) is 52.1 Å². The van der Waals surface area contributed by atoms with Crippen molar-refractivity contribution in [3.63, 3.8) is 0 Å². The molecular formula is C29H35N3O4. The van der Waals surface area contributed by atoms with Crippen LogP contribution < -0.4 is 5.32 Å². The Balaban J connectivity index is 1.40. The second kappa shape index (κ2) is 11.5. The predicted molar refractivity (Wildman–Crippen MR) is 137 cm³/mol. The van der Waals surface area contributed by atoms with Crippen molar-refractivity contribution in [1.82, 2.24) is 15.1 Å². The third kappa shape index (κ3) is 5.83. The molecule has 1 fully saturated rings. The Morgan fingerprint density at radius 1 is 0.972 bits per heavy atom. The van der Waals surface area contributed by atoms with E-state index in [9.17, 15) is 19.2 Å². The molecule has 2 aromatic rings. The summed E-state index contributed by atoms with van der Waals surface area (Å²) in [6.45, 7) is 4.27. The van der Waals surface area contributed by atoms with E-state index in [2.05, 4.69) is 5.32 Å². The van der Waals surface area contributed by atoms with Crippen LogP contribution in [0.3, 0.4) is 0 Å². The largest absolute Gasteiger partial charge is 0.352 e. The lowest BCUT2D eigenvalue weighted by molar-refractivity contribution is -0.141. The first-order valence-corrected chi connectivity index (χ1v) is 13.0. The minimum absolute atomic E-state index is 0.136. The lowest BCUT2D eigenvalue weighted by Crippen LogP contribution is -2.50. The molecule has 2 aromatic carbocycles. The van der Waals surface area contributed by atoms with E-state index in [1.807, 2.05) is 31.2 Å². The number of carbonyl (C=O) groups excluding carboxylic acids is 4. The summed E-state index contributed by atoms with van der Waals surface area (Å²) in [6.07, 6.45) is 5.86. The average molecular weight is 490 g/mol. The van der Waals surface area contributed by atoms with Crippen LogP contribution in [-0.2, 0) is 16.1 Å². The molecule has 1 saturated carbocycles. The van der Waals surface area contributed by atoms with Gasteiger partial charge >= 0.3 is 0 Å². The lowest BCUT2D eigenvalue weighted by Gasteiger charge is -2.31. The highest BCUT2D eigenvalue weighted by molar-refractivity contribution is 6.21. The summed E-state index contributed by atoms with van der Waals surface area (Å²) in [4.78, 5) is 54.5. The lowest BCUT2D eigenvalue weighted by atomic mass is 9.95. The topological polar surface area (TPSA) is 86.8 Å². The Labute approximate surface area is 212 Å². The fourth-order valence-electron chi connectivity index (χ4n) is 5.02. The zero-order chi connectivity index (χ0) is 25.7. The van der Waals surface area contributed by atoms with Crippen LogP contribution in [0.4, 0.5) is 0 Å². The van der Waals surface area contributed by atoms with Gasteiger partial charge in [-0.05, 0) is 50.8 Å². The fourth-order valence-corrected chi connectivity index (χ4v) is 5.02. The third-order valence-electron chi connectivity index (χ3n) is 7.24. The normalized spacial score (nSPS) is 16.6. The van der Waals surface area contributed by atoms with Crippen LogP contribution in [0.25, 0.3) is 0 Å². The minimum atomic E-state index is -0.625. The van der Waals surface area contributed by atoms with Gasteiger partial charge in [-0.2, -0.15) is 0 Å². The van der Waals surface area contributed by atoms with E-state index in [-0.39, 0.29) is 42.6 Å². The third-order valence-corrected chi connectivity index (χ3v) is 7.24. The summed E-state index contributed by atoms with van der Waals surface area (Å²) in [6, 6.07) is 14.2. The van der Waals surface area contributed by atoms with Gasteiger partial charge in [0.1, 0.15) is 6.04 Å². The minimum Gasteiger partial charge on any atom is -0.352 e. The van der Waals surface area contributed by atoms with Crippen molar-refractivity contribution in [1.29, 1.82) is 0 Å². The summed E-state index contributed by atoms with van der Waals surface area (Å²) in [5.41, 5.74) is 2.89. The Kier molecular flexibility index (Phi) is 8.18. The molecule has 0 radical (unpaired) electrons. The number of fused-ring (bicyclic) bond motifs is 1. The average Bonchev–Trinajstić information content (AvgIpc) is 3.13. The first-order valence-electron chi connectivity index (χ1n) is 13.0. The van der Waals surface area contributed by atoms with Gasteiger partial charge in [0, 0.05) is 25.6 Å². The van der Waals surface area contributed by atoms with E-state index in [1.165, 1.54) is 11.3 Å². The van der Waals surface area contributed by atoms with E-state index in [1.54, 1.807) is 36.1 Å². The van der Waals surface area contributed by atoms with Crippen LogP contribution in [0.1, 0.15) is 83.7 Å². The van der Waals surface area contributed by atoms with Gasteiger partial charge in [-0.25, -0.2) is 0 Å². The summed E-state index contributed by atoms with van der Waals surface area (Å²) in [5.74, 6) is -0.944. The van der Waals surface area contributed by atoms with Crippen molar-refractivity contribution in [3.8, 4) is 0 Å². The number of hydrogen-bond donors (Lipinski definition) is 1. The molecule has 7 nitrogen and oxygen atoms in total. The predicted octanol–water partition coefficient (Wildman–Crippen LogP) is 4.24. The maximum absolute atomic E-state index is 13.4. The number of hydrogen-bond acceptors (Lipinski definition) is 4. The molecule has 1 atom stereocenters. The summed E-state index contributed by atoms with van der Waals surface area (Å²) in [7, 11) is 0. The number of imide groups is 1. The second-order valence-electron chi connectivity index (χ2n) is 9.94. The van der Waals surface area contributed by atoms with Gasteiger partial charge in [-0.1, -0.05) is 61.2 Å². The molecule has 1 aliphatic heterocycles. The molecule has 0 aromatic heterocycles. The van der Waals surface area contributed by atoms with E-state index in [0.29, 0.717) is 24.1 Å². The van der Waals surface area contributed by atoms with Crippen LogP contribution >= 0.6 is 0 Å². The Hall–Kier alpha value is -3.48. The highest BCUT2D eigenvalue weighted by Gasteiger charge is 2.35. The highest BCUT2D eigenvalue weighted by Crippen LogP contribution is 2.23. The van der Waals surface area contributed by atoms with Gasteiger partial charge in [0.15, 0.2) is 0 Å². The number of aryl methyl sites for hydroxylation is 1.